The fourth-order valence-electron chi connectivity index (χ4n) is 2.94. The molecule has 0 bridgehead atoms. The Morgan fingerprint density at radius 1 is 1.24 bits per heavy atom. The van der Waals surface area contributed by atoms with Gasteiger partial charge in [-0.2, -0.15) is 0 Å². The summed E-state index contributed by atoms with van der Waals surface area (Å²) in [5.41, 5.74) is 2.74. The third-order valence-electron chi connectivity index (χ3n) is 3.99. The maximum absolute atomic E-state index is 3.64. The van der Waals surface area contributed by atoms with Gasteiger partial charge in [-0.25, -0.2) is 0 Å². The molecule has 0 radical (unpaired) electrons. The first-order valence-corrected chi connectivity index (χ1v) is 7.45. The van der Waals surface area contributed by atoms with Gasteiger partial charge in [0.2, 0.25) is 0 Å². The molecule has 1 aromatic rings. The summed E-state index contributed by atoms with van der Waals surface area (Å²) in [6.07, 6.45) is 6.96. The van der Waals surface area contributed by atoms with Crippen molar-refractivity contribution in [3.63, 3.8) is 0 Å². The van der Waals surface area contributed by atoms with Crippen LogP contribution < -0.4 is 5.32 Å². The number of hydrogen-bond donors (Lipinski definition) is 1. The molecule has 0 saturated heterocycles. The molecule has 1 N–H and O–H groups in total. The van der Waals surface area contributed by atoms with Crippen molar-refractivity contribution in [2.45, 2.75) is 45.1 Å². The van der Waals surface area contributed by atoms with Crippen LogP contribution in [-0.4, -0.2) is 7.05 Å². The Balaban J connectivity index is 2.18. The van der Waals surface area contributed by atoms with Gasteiger partial charge in [-0.15, -0.1) is 0 Å². The Bertz CT molecular complexity index is 369. The molecule has 0 aliphatic heterocycles. The van der Waals surface area contributed by atoms with Crippen molar-refractivity contribution in [1.29, 1.82) is 0 Å². The first kappa shape index (κ1) is 13.1. The minimum Gasteiger partial charge on any atom is -0.313 e. The predicted molar refractivity (Wildman–Crippen MR) is 77.3 cm³/mol. The van der Waals surface area contributed by atoms with Gasteiger partial charge in [-0.1, -0.05) is 47.3 Å². The zero-order chi connectivity index (χ0) is 12.3. The van der Waals surface area contributed by atoms with E-state index in [1.54, 1.807) is 0 Å². The minimum atomic E-state index is 0.521. The Kier molecular flexibility index (Phi) is 4.63. The summed E-state index contributed by atoms with van der Waals surface area (Å²) in [5.74, 6) is 0.809. The lowest BCUT2D eigenvalue weighted by molar-refractivity contribution is 0.281. The molecule has 0 heterocycles. The molecule has 1 aliphatic carbocycles. The largest absolute Gasteiger partial charge is 0.313 e. The van der Waals surface area contributed by atoms with Crippen LogP contribution in [0.4, 0.5) is 0 Å². The lowest BCUT2D eigenvalue weighted by Gasteiger charge is -2.30. The Morgan fingerprint density at radius 2 is 1.94 bits per heavy atom. The molecule has 17 heavy (non-hydrogen) atoms. The van der Waals surface area contributed by atoms with Gasteiger partial charge in [0.05, 0.1) is 0 Å². The van der Waals surface area contributed by atoms with Crippen molar-refractivity contribution in [3.05, 3.63) is 33.8 Å². The molecule has 0 amide bonds. The Morgan fingerprint density at radius 3 is 2.53 bits per heavy atom. The Labute approximate surface area is 113 Å². The smallest absolute Gasteiger partial charge is 0.0346 e. The van der Waals surface area contributed by atoms with Crippen molar-refractivity contribution in [1.82, 2.24) is 5.32 Å². The fraction of sp³-hybridized carbons (Fsp3) is 0.600. The highest BCUT2D eigenvalue weighted by Crippen LogP contribution is 2.35. The van der Waals surface area contributed by atoms with E-state index in [-0.39, 0.29) is 0 Å². The van der Waals surface area contributed by atoms with Crippen LogP contribution in [0, 0.1) is 12.8 Å². The molecule has 2 rings (SSSR count). The molecule has 1 fully saturated rings. The molecule has 0 aromatic heterocycles. The first-order valence-electron chi connectivity index (χ1n) is 6.65. The van der Waals surface area contributed by atoms with Crippen molar-refractivity contribution in [2.75, 3.05) is 7.05 Å². The van der Waals surface area contributed by atoms with Crippen LogP contribution in [0.25, 0.3) is 0 Å². The van der Waals surface area contributed by atoms with Crippen molar-refractivity contribution >= 4 is 15.9 Å². The summed E-state index contributed by atoms with van der Waals surface area (Å²) in [5, 5.41) is 3.51. The molecule has 2 heteroatoms. The molecule has 0 spiro atoms. The molecule has 94 valence electrons. The van der Waals surface area contributed by atoms with Crippen LogP contribution in [0.15, 0.2) is 22.7 Å². The van der Waals surface area contributed by atoms with E-state index in [9.17, 15) is 0 Å². The fourth-order valence-corrected chi connectivity index (χ4v) is 3.34. The first-order chi connectivity index (χ1) is 8.22. The van der Waals surface area contributed by atoms with Gasteiger partial charge in [0.25, 0.3) is 0 Å². The highest BCUT2D eigenvalue weighted by atomic mass is 79.9. The standard InChI is InChI=1S/C15H22BrN/c1-11-8-9-13(10-14(11)16)15(17-2)12-6-4-3-5-7-12/h8-10,12,15,17H,3-7H2,1-2H3. The predicted octanol–water partition coefficient (Wildman–Crippen LogP) is 4.60. The summed E-state index contributed by atoms with van der Waals surface area (Å²) in [7, 11) is 2.09. The van der Waals surface area contributed by atoms with E-state index in [4.69, 9.17) is 0 Å². The van der Waals surface area contributed by atoms with Gasteiger partial charge in [0.15, 0.2) is 0 Å². The van der Waals surface area contributed by atoms with Crippen molar-refractivity contribution in [3.8, 4) is 0 Å². The highest BCUT2D eigenvalue weighted by molar-refractivity contribution is 9.10. The summed E-state index contributed by atoms with van der Waals surface area (Å²) in [6, 6.07) is 7.29. The van der Waals surface area contributed by atoms with Gasteiger partial charge in [0, 0.05) is 10.5 Å². The molecule has 1 nitrogen and oxygen atoms in total. The molecular formula is C15H22BrN. The quantitative estimate of drug-likeness (QED) is 0.859. The SMILES string of the molecule is CNC(c1ccc(C)c(Br)c1)C1CCCCC1. The van der Waals surface area contributed by atoms with Crippen LogP contribution in [0.5, 0.6) is 0 Å². The van der Waals surface area contributed by atoms with Gasteiger partial charge >= 0.3 is 0 Å². The number of aryl methyl sites for hydroxylation is 1. The van der Waals surface area contributed by atoms with E-state index in [1.807, 2.05) is 0 Å². The van der Waals surface area contributed by atoms with Crippen LogP contribution in [0.2, 0.25) is 0 Å². The van der Waals surface area contributed by atoms with E-state index >= 15 is 0 Å². The lowest BCUT2D eigenvalue weighted by Crippen LogP contribution is -2.26. The molecule has 1 saturated carbocycles. The number of halogens is 1. The average Bonchev–Trinajstić information content (AvgIpc) is 2.36. The van der Waals surface area contributed by atoms with Gasteiger partial charge in [0.1, 0.15) is 0 Å². The van der Waals surface area contributed by atoms with Crippen LogP contribution in [0.3, 0.4) is 0 Å². The molecule has 1 atom stereocenters. The maximum atomic E-state index is 3.64. The zero-order valence-corrected chi connectivity index (χ0v) is 12.4. The number of benzene rings is 1. The summed E-state index contributed by atoms with van der Waals surface area (Å²) in [4.78, 5) is 0. The summed E-state index contributed by atoms with van der Waals surface area (Å²) in [6.45, 7) is 2.14. The third kappa shape index (κ3) is 3.11. The number of rotatable bonds is 3. The van der Waals surface area contributed by atoms with Gasteiger partial charge in [-0.05, 0) is 49.9 Å². The second-order valence-corrected chi connectivity index (χ2v) is 6.03. The van der Waals surface area contributed by atoms with Crippen molar-refractivity contribution in [2.24, 2.45) is 5.92 Å². The highest BCUT2D eigenvalue weighted by Gasteiger charge is 2.23. The maximum Gasteiger partial charge on any atom is 0.0346 e. The number of nitrogens with one attached hydrogen (secondary N) is 1. The minimum absolute atomic E-state index is 0.521. The monoisotopic (exact) mass is 295 g/mol. The lowest BCUT2D eigenvalue weighted by atomic mass is 9.81. The topological polar surface area (TPSA) is 12.0 Å². The molecular weight excluding hydrogens is 274 g/mol. The van der Waals surface area contributed by atoms with E-state index < -0.39 is 0 Å². The molecule has 1 aromatic carbocycles. The van der Waals surface area contributed by atoms with Crippen LogP contribution in [-0.2, 0) is 0 Å². The van der Waals surface area contributed by atoms with Crippen LogP contribution >= 0.6 is 15.9 Å². The number of hydrogen-bond acceptors (Lipinski definition) is 1. The van der Waals surface area contributed by atoms with Gasteiger partial charge in [-0.3, -0.25) is 0 Å². The second kappa shape index (κ2) is 6.01. The third-order valence-corrected chi connectivity index (χ3v) is 4.84. The zero-order valence-electron chi connectivity index (χ0n) is 10.8. The second-order valence-electron chi connectivity index (χ2n) is 5.17. The summed E-state index contributed by atoms with van der Waals surface area (Å²) >= 11 is 3.64. The van der Waals surface area contributed by atoms with E-state index in [1.165, 1.54) is 47.7 Å². The molecule has 1 unspecified atom stereocenters. The van der Waals surface area contributed by atoms with Gasteiger partial charge < -0.3 is 5.32 Å². The molecule has 1 aliphatic rings. The summed E-state index contributed by atoms with van der Waals surface area (Å²) < 4.78 is 1.23. The van der Waals surface area contributed by atoms with E-state index in [0.717, 1.165) is 5.92 Å². The van der Waals surface area contributed by atoms with E-state index in [2.05, 4.69) is 53.4 Å². The average molecular weight is 296 g/mol. The van der Waals surface area contributed by atoms with E-state index in [0.29, 0.717) is 6.04 Å². The normalized spacial score (nSPS) is 19.2. The van der Waals surface area contributed by atoms with Crippen LogP contribution in [0.1, 0.15) is 49.3 Å². The Hall–Kier alpha value is -0.340. The van der Waals surface area contributed by atoms with Crippen molar-refractivity contribution < 1.29 is 0 Å².